The average molecular weight is 365 g/mol. The number of hydrogen-bond donors (Lipinski definition) is 1. The molecule has 1 saturated heterocycles. The summed E-state index contributed by atoms with van der Waals surface area (Å²) in [6.07, 6.45) is 3.96. The van der Waals surface area contributed by atoms with Gasteiger partial charge in [0, 0.05) is 43.5 Å². The first kappa shape index (κ1) is 17.9. The van der Waals surface area contributed by atoms with Crippen molar-refractivity contribution >= 4 is 11.5 Å². The maximum absolute atomic E-state index is 5.42. The fraction of sp³-hybridized carbons (Fsp3) is 0.429. The second-order valence-corrected chi connectivity index (χ2v) is 6.92. The summed E-state index contributed by atoms with van der Waals surface area (Å²) in [5.74, 6) is 1.01. The van der Waals surface area contributed by atoms with Gasteiger partial charge in [-0.1, -0.05) is 43.7 Å². The van der Waals surface area contributed by atoms with E-state index in [1.54, 1.807) is 0 Å². The largest absolute Gasteiger partial charge is 0.379 e. The number of anilines is 1. The van der Waals surface area contributed by atoms with Crippen molar-refractivity contribution in [1.82, 2.24) is 19.5 Å². The lowest BCUT2D eigenvalue weighted by atomic mass is 10.1. The van der Waals surface area contributed by atoms with Gasteiger partial charge in [0.25, 0.3) is 0 Å². The van der Waals surface area contributed by atoms with Crippen LogP contribution in [-0.4, -0.2) is 58.9 Å². The molecule has 6 nitrogen and oxygen atoms in total. The van der Waals surface area contributed by atoms with Gasteiger partial charge in [-0.3, -0.25) is 4.90 Å². The summed E-state index contributed by atoms with van der Waals surface area (Å²) in [4.78, 5) is 7.32. The third kappa shape index (κ3) is 4.12. The Balaban J connectivity index is 1.59. The first-order valence-corrected chi connectivity index (χ1v) is 9.82. The predicted molar refractivity (Wildman–Crippen MR) is 108 cm³/mol. The van der Waals surface area contributed by atoms with Crippen LogP contribution < -0.4 is 5.32 Å². The van der Waals surface area contributed by atoms with Crippen LogP contribution in [0, 0.1) is 0 Å². The number of nitrogens with one attached hydrogen (secondary N) is 1. The van der Waals surface area contributed by atoms with E-state index in [9.17, 15) is 0 Å². The van der Waals surface area contributed by atoms with E-state index in [2.05, 4.69) is 52.6 Å². The second-order valence-electron chi connectivity index (χ2n) is 6.92. The quantitative estimate of drug-likeness (QED) is 0.697. The Morgan fingerprint density at radius 3 is 2.74 bits per heavy atom. The highest BCUT2D eigenvalue weighted by Crippen LogP contribution is 2.25. The molecule has 0 amide bonds. The highest BCUT2D eigenvalue weighted by molar-refractivity contribution is 5.78. The molecular formula is C21H27N5O. The van der Waals surface area contributed by atoms with Gasteiger partial charge in [0.2, 0.25) is 0 Å². The molecule has 0 spiro atoms. The summed E-state index contributed by atoms with van der Waals surface area (Å²) in [6, 6.07) is 12.5. The van der Waals surface area contributed by atoms with Crippen LogP contribution in [-0.2, 0) is 11.2 Å². The molecule has 3 aromatic rings. The molecule has 1 N–H and O–H groups in total. The molecule has 1 aliphatic heterocycles. The number of nitrogens with zero attached hydrogens (tertiary/aromatic N) is 4. The van der Waals surface area contributed by atoms with Crippen molar-refractivity contribution in [3.05, 3.63) is 48.3 Å². The van der Waals surface area contributed by atoms with Crippen molar-refractivity contribution < 1.29 is 4.74 Å². The monoisotopic (exact) mass is 365 g/mol. The van der Waals surface area contributed by atoms with E-state index in [1.807, 2.05) is 16.8 Å². The lowest BCUT2D eigenvalue weighted by Gasteiger charge is -2.26. The van der Waals surface area contributed by atoms with E-state index in [1.165, 1.54) is 0 Å². The van der Waals surface area contributed by atoms with Crippen molar-refractivity contribution in [2.24, 2.45) is 0 Å². The molecule has 142 valence electrons. The minimum absolute atomic E-state index is 0.833. The Hall–Kier alpha value is -2.44. The summed E-state index contributed by atoms with van der Waals surface area (Å²) in [5.41, 5.74) is 4.25. The lowest BCUT2D eigenvalue weighted by molar-refractivity contribution is 0.0398. The third-order valence-electron chi connectivity index (χ3n) is 4.95. The van der Waals surface area contributed by atoms with Crippen LogP contribution in [0.4, 0.5) is 5.82 Å². The predicted octanol–water partition coefficient (Wildman–Crippen LogP) is 3.09. The zero-order valence-electron chi connectivity index (χ0n) is 15.9. The lowest BCUT2D eigenvalue weighted by Crippen LogP contribution is -2.39. The van der Waals surface area contributed by atoms with Crippen LogP contribution in [0.1, 0.15) is 19.0 Å². The number of fused-ring (bicyclic) bond motifs is 1. The first-order chi connectivity index (χ1) is 13.3. The minimum atomic E-state index is 0.833. The molecule has 3 heterocycles. The van der Waals surface area contributed by atoms with E-state index < -0.39 is 0 Å². The first-order valence-electron chi connectivity index (χ1n) is 9.82. The fourth-order valence-electron chi connectivity index (χ4n) is 3.51. The normalized spacial score (nSPS) is 15.3. The Kier molecular flexibility index (Phi) is 5.65. The van der Waals surface area contributed by atoms with Gasteiger partial charge in [0.05, 0.1) is 19.4 Å². The summed E-state index contributed by atoms with van der Waals surface area (Å²) in [5, 5.41) is 8.20. The number of hydrogen-bond acceptors (Lipinski definition) is 5. The molecule has 1 aliphatic rings. The molecule has 0 bridgehead atoms. The van der Waals surface area contributed by atoms with Crippen molar-refractivity contribution in [2.45, 2.75) is 19.8 Å². The smallest absolute Gasteiger partial charge is 0.165 e. The molecule has 0 saturated carbocycles. The molecule has 27 heavy (non-hydrogen) atoms. The number of rotatable bonds is 7. The average Bonchev–Trinajstić information content (AvgIpc) is 3.14. The molecule has 0 radical (unpaired) electrons. The van der Waals surface area contributed by atoms with Gasteiger partial charge in [-0.15, -0.1) is 0 Å². The van der Waals surface area contributed by atoms with E-state index in [0.717, 1.165) is 80.5 Å². The van der Waals surface area contributed by atoms with Crippen LogP contribution in [0.2, 0.25) is 0 Å². The van der Waals surface area contributed by atoms with Crippen LogP contribution in [0.15, 0.2) is 42.6 Å². The highest BCUT2D eigenvalue weighted by Gasteiger charge is 2.14. The van der Waals surface area contributed by atoms with Crippen LogP contribution in [0.3, 0.4) is 0 Å². The van der Waals surface area contributed by atoms with Gasteiger partial charge in [0.1, 0.15) is 5.82 Å². The number of ether oxygens (including phenoxy) is 1. The zero-order chi connectivity index (χ0) is 18.5. The summed E-state index contributed by atoms with van der Waals surface area (Å²) in [6.45, 7) is 7.75. The zero-order valence-corrected chi connectivity index (χ0v) is 15.9. The molecule has 4 rings (SSSR count). The Morgan fingerprint density at radius 1 is 1.15 bits per heavy atom. The molecule has 1 aromatic carbocycles. The molecule has 0 aliphatic carbocycles. The van der Waals surface area contributed by atoms with Gasteiger partial charge >= 0.3 is 0 Å². The van der Waals surface area contributed by atoms with E-state index in [0.29, 0.717) is 0 Å². The minimum Gasteiger partial charge on any atom is -0.379 e. The summed E-state index contributed by atoms with van der Waals surface area (Å²) < 4.78 is 7.36. The van der Waals surface area contributed by atoms with Crippen LogP contribution in [0.25, 0.3) is 16.8 Å². The van der Waals surface area contributed by atoms with Crippen molar-refractivity contribution in [2.75, 3.05) is 44.7 Å². The Bertz CT molecular complexity index is 871. The maximum Gasteiger partial charge on any atom is 0.165 e. The SMILES string of the molecule is CCCc1cc(NCCN2CCOCC2)n2ncc(-c3ccccc3)c2n1. The molecular weight excluding hydrogens is 338 g/mol. The number of aromatic nitrogens is 3. The van der Waals surface area contributed by atoms with Crippen LogP contribution in [0.5, 0.6) is 0 Å². The van der Waals surface area contributed by atoms with Gasteiger partial charge < -0.3 is 10.1 Å². The van der Waals surface area contributed by atoms with Crippen molar-refractivity contribution in [3.8, 4) is 11.1 Å². The number of morpholine rings is 1. The van der Waals surface area contributed by atoms with Crippen molar-refractivity contribution in [3.63, 3.8) is 0 Å². The number of benzene rings is 1. The molecule has 6 heteroatoms. The Labute approximate surface area is 160 Å². The number of aryl methyl sites for hydroxylation is 1. The molecule has 1 fully saturated rings. The Morgan fingerprint density at radius 2 is 1.96 bits per heavy atom. The summed E-state index contributed by atoms with van der Waals surface area (Å²) in [7, 11) is 0. The van der Waals surface area contributed by atoms with Crippen molar-refractivity contribution in [1.29, 1.82) is 0 Å². The van der Waals surface area contributed by atoms with Gasteiger partial charge in [-0.2, -0.15) is 9.61 Å². The van der Waals surface area contributed by atoms with Gasteiger partial charge in [-0.05, 0) is 12.0 Å². The topological polar surface area (TPSA) is 54.7 Å². The standard InChI is InChI=1S/C21H27N5O/c1-2-6-18-15-20(22-9-10-25-11-13-27-14-12-25)26-21(24-18)19(16-23-26)17-7-4-3-5-8-17/h3-5,7-8,15-16,22H,2,6,9-14H2,1H3. The van der Waals surface area contributed by atoms with Gasteiger partial charge in [-0.25, -0.2) is 4.98 Å². The third-order valence-corrected chi connectivity index (χ3v) is 4.95. The van der Waals surface area contributed by atoms with E-state index in [-0.39, 0.29) is 0 Å². The molecule has 0 unspecified atom stereocenters. The molecule has 0 atom stereocenters. The van der Waals surface area contributed by atoms with E-state index >= 15 is 0 Å². The molecule has 2 aromatic heterocycles. The van der Waals surface area contributed by atoms with Crippen LogP contribution >= 0.6 is 0 Å². The highest BCUT2D eigenvalue weighted by atomic mass is 16.5. The summed E-state index contributed by atoms with van der Waals surface area (Å²) >= 11 is 0. The fourth-order valence-corrected chi connectivity index (χ4v) is 3.51. The second kappa shape index (κ2) is 8.50. The van der Waals surface area contributed by atoms with Gasteiger partial charge in [0.15, 0.2) is 5.65 Å². The van der Waals surface area contributed by atoms with E-state index in [4.69, 9.17) is 9.72 Å². The maximum atomic E-state index is 5.42.